The van der Waals surface area contributed by atoms with Gasteiger partial charge in [-0.25, -0.2) is 4.21 Å². The summed E-state index contributed by atoms with van der Waals surface area (Å²) in [5.74, 6) is -0.427. The average Bonchev–Trinajstić information content (AvgIpc) is 3.29. The lowest BCUT2D eigenvalue weighted by atomic mass is 10.1. The van der Waals surface area contributed by atoms with Crippen molar-refractivity contribution in [1.29, 1.82) is 0 Å². The summed E-state index contributed by atoms with van der Waals surface area (Å²) in [7, 11) is -1.60. The van der Waals surface area contributed by atoms with Gasteiger partial charge in [-0.2, -0.15) is 0 Å². The number of hydrogen-bond acceptors (Lipinski definition) is 4. The van der Waals surface area contributed by atoms with Crippen molar-refractivity contribution < 1.29 is 18.6 Å². The first-order chi connectivity index (χ1) is 17.9. The number of rotatable bonds is 7. The number of carbonyl (C=O) groups excluding carboxylic acids is 3. The van der Waals surface area contributed by atoms with E-state index in [9.17, 15) is 18.6 Å². The third-order valence-electron chi connectivity index (χ3n) is 6.57. The average molecular weight is 536 g/mol. The number of nitrogens with zero attached hydrogens (tertiary/aromatic N) is 2. The van der Waals surface area contributed by atoms with Gasteiger partial charge in [0.2, 0.25) is 5.91 Å². The van der Waals surface area contributed by atoms with E-state index >= 15 is 0 Å². The van der Waals surface area contributed by atoms with Crippen LogP contribution < -0.4 is 10.2 Å². The summed E-state index contributed by atoms with van der Waals surface area (Å²) in [5, 5.41) is 3.45. The van der Waals surface area contributed by atoms with Crippen LogP contribution in [0.4, 0.5) is 5.69 Å². The second-order valence-electron chi connectivity index (χ2n) is 9.06. The van der Waals surface area contributed by atoms with Crippen LogP contribution in [0.3, 0.4) is 0 Å². The van der Waals surface area contributed by atoms with Crippen molar-refractivity contribution in [3.8, 4) is 0 Å². The van der Waals surface area contributed by atoms with Gasteiger partial charge in [-0.3, -0.25) is 14.4 Å². The maximum atomic E-state index is 13.7. The van der Waals surface area contributed by atoms with Crippen LogP contribution in [0.25, 0.3) is 0 Å². The van der Waals surface area contributed by atoms with Gasteiger partial charge < -0.3 is 15.1 Å². The molecule has 1 N–H and O–H groups in total. The number of carbonyl (C=O) groups is 3. The lowest BCUT2D eigenvalue weighted by Gasteiger charge is -2.24. The van der Waals surface area contributed by atoms with E-state index in [1.54, 1.807) is 59.5 Å². The van der Waals surface area contributed by atoms with Gasteiger partial charge in [0.25, 0.3) is 11.8 Å². The molecular formula is C28H26ClN3O4S. The molecule has 1 saturated heterocycles. The van der Waals surface area contributed by atoms with Gasteiger partial charge >= 0.3 is 0 Å². The third-order valence-corrected chi connectivity index (χ3v) is 8.30. The zero-order valence-corrected chi connectivity index (χ0v) is 21.7. The highest BCUT2D eigenvalue weighted by Crippen LogP contribution is 2.36. The van der Waals surface area contributed by atoms with Gasteiger partial charge in [0, 0.05) is 36.6 Å². The van der Waals surface area contributed by atoms with E-state index in [0.717, 1.165) is 18.5 Å². The van der Waals surface area contributed by atoms with E-state index in [4.69, 9.17) is 11.6 Å². The highest BCUT2D eigenvalue weighted by atomic mass is 35.5. The number of halogens is 1. The van der Waals surface area contributed by atoms with Crippen LogP contribution in [0.1, 0.15) is 45.5 Å². The van der Waals surface area contributed by atoms with Crippen LogP contribution >= 0.6 is 11.6 Å². The topological polar surface area (TPSA) is 86.8 Å². The van der Waals surface area contributed by atoms with Crippen molar-refractivity contribution in [3.63, 3.8) is 0 Å². The molecule has 3 aromatic rings. The molecule has 5 rings (SSSR count). The Morgan fingerprint density at radius 1 is 1.00 bits per heavy atom. The molecule has 7 nitrogen and oxygen atoms in total. The number of amides is 3. The molecule has 0 aromatic heterocycles. The van der Waals surface area contributed by atoms with E-state index in [2.05, 4.69) is 5.32 Å². The minimum Gasteiger partial charge on any atom is -0.352 e. The fourth-order valence-electron chi connectivity index (χ4n) is 4.69. The Morgan fingerprint density at radius 3 is 2.62 bits per heavy atom. The van der Waals surface area contributed by atoms with Crippen LogP contribution in [-0.4, -0.2) is 46.5 Å². The molecule has 0 saturated carbocycles. The fourth-order valence-corrected chi connectivity index (χ4v) is 6.25. The van der Waals surface area contributed by atoms with E-state index < -0.39 is 10.8 Å². The Kier molecular flexibility index (Phi) is 7.39. The molecule has 0 bridgehead atoms. The molecule has 3 aromatic carbocycles. The predicted octanol–water partition coefficient (Wildman–Crippen LogP) is 4.41. The van der Waals surface area contributed by atoms with Crippen molar-refractivity contribution in [3.05, 3.63) is 88.4 Å². The fraction of sp³-hybridized carbons (Fsp3) is 0.250. The molecule has 0 unspecified atom stereocenters. The largest absolute Gasteiger partial charge is 0.352 e. The number of hydrogen-bond donors (Lipinski definition) is 1. The molecule has 2 aliphatic rings. The van der Waals surface area contributed by atoms with Crippen molar-refractivity contribution in [2.75, 3.05) is 24.5 Å². The molecule has 1 atom stereocenters. The molecule has 0 radical (unpaired) electrons. The Morgan fingerprint density at radius 2 is 1.84 bits per heavy atom. The smallest absolute Gasteiger partial charge is 0.259 e. The molecule has 2 aliphatic heterocycles. The molecule has 2 heterocycles. The minimum atomic E-state index is -1.60. The van der Waals surface area contributed by atoms with Crippen molar-refractivity contribution in [2.24, 2.45) is 0 Å². The number of nitrogens with one attached hydrogen (secondary N) is 1. The summed E-state index contributed by atoms with van der Waals surface area (Å²) in [6.07, 6.45) is 2.13. The highest BCUT2D eigenvalue weighted by Gasteiger charge is 2.31. The molecule has 37 heavy (non-hydrogen) atoms. The summed E-state index contributed by atoms with van der Waals surface area (Å²) in [6, 6.07) is 19.0. The maximum absolute atomic E-state index is 13.7. The van der Waals surface area contributed by atoms with Gasteiger partial charge in [0.05, 0.1) is 38.4 Å². The number of anilines is 1. The first-order valence-corrected chi connectivity index (χ1v) is 13.7. The number of likely N-dealkylation sites (tertiary alicyclic amines) is 1. The summed E-state index contributed by atoms with van der Waals surface area (Å²) >= 11 is 6.19. The molecular weight excluding hydrogens is 510 g/mol. The van der Waals surface area contributed by atoms with Crippen LogP contribution in [0.5, 0.6) is 0 Å². The zero-order chi connectivity index (χ0) is 25.9. The lowest BCUT2D eigenvalue weighted by molar-refractivity contribution is -0.127. The van der Waals surface area contributed by atoms with Gasteiger partial charge in [0.1, 0.15) is 0 Å². The van der Waals surface area contributed by atoms with Crippen molar-refractivity contribution >= 4 is 45.8 Å². The summed E-state index contributed by atoms with van der Waals surface area (Å²) in [6.45, 7) is 2.01. The lowest BCUT2D eigenvalue weighted by Crippen LogP contribution is -2.32. The SMILES string of the molecule is O=C(NCCCN1CCCC1=O)c1ccc2c(c1)N(Cc1cccc(Cl)c1)C(=O)c1ccccc1[S@@]2=O. The monoisotopic (exact) mass is 535 g/mol. The summed E-state index contributed by atoms with van der Waals surface area (Å²) in [5.41, 5.74) is 1.96. The Hall–Kier alpha value is -3.49. The standard InChI is InChI=1S/C28H26ClN3O4S/c29-21-7-3-6-19(16-21)18-32-23-17-20(27(34)30-13-5-15-31-14-4-10-26(31)33)11-12-25(23)37(36)24-9-2-1-8-22(24)28(32)35/h1-3,6-9,11-12,16-17H,4-5,10,13-15,18H2,(H,30,34)/t37-/m0/s1. The van der Waals surface area contributed by atoms with Crippen molar-refractivity contribution in [2.45, 2.75) is 35.6 Å². The maximum Gasteiger partial charge on any atom is 0.259 e. The Bertz CT molecular complexity index is 1410. The molecule has 1 fully saturated rings. The Labute approximate surface area is 222 Å². The number of fused-ring (bicyclic) bond motifs is 2. The first-order valence-electron chi connectivity index (χ1n) is 12.2. The zero-order valence-electron chi connectivity index (χ0n) is 20.1. The van der Waals surface area contributed by atoms with Crippen LogP contribution in [0, 0.1) is 0 Å². The number of benzene rings is 3. The van der Waals surface area contributed by atoms with E-state index in [-0.39, 0.29) is 24.3 Å². The Balaban J connectivity index is 1.42. The summed E-state index contributed by atoms with van der Waals surface area (Å²) < 4.78 is 13.5. The minimum absolute atomic E-state index is 0.163. The normalized spacial score (nSPS) is 16.8. The highest BCUT2D eigenvalue weighted by molar-refractivity contribution is 7.85. The van der Waals surface area contributed by atoms with Crippen LogP contribution in [-0.2, 0) is 22.1 Å². The molecule has 3 amide bonds. The van der Waals surface area contributed by atoms with Crippen LogP contribution in [0.15, 0.2) is 76.5 Å². The van der Waals surface area contributed by atoms with Gasteiger partial charge in [-0.05, 0) is 60.9 Å². The van der Waals surface area contributed by atoms with Crippen LogP contribution in [0.2, 0.25) is 5.02 Å². The first kappa shape index (κ1) is 25.2. The third kappa shape index (κ3) is 5.31. The molecule has 0 aliphatic carbocycles. The van der Waals surface area contributed by atoms with E-state index in [1.165, 1.54) is 0 Å². The van der Waals surface area contributed by atoms with Gasteiger partial charge in [-0.1, -0.05) is 35.9 Å². The van der Waals surface area contributed by atoms with Gasteiger partial charge in [-0.15, -0.1) is 0 Å². The summed E-state index contributed by atoms with van der Waals surface area (Å²) in [4.78, 5) is 42.7. The molecule has 9 heteroatoms. The van der Waals surface area contributed by atoms with Crippen molar-refractivity contribution in [1.82, 2.24) is 10.2 Å². The quantitative estimate of drug-likeness (QED) is 0.454. The second-order valence-corrected chi connectivity index (χ2v) is 10.9. The van der Waals surface area contributed by atoms with E-state index in [0.29, 0.717) is 57.6 Å². The van der Waals surface area contributed by atoms with Gasteiger partial charge in [0.15, 0.2) is 0 Å². The second kappa shape index (κ2) is 10.9. The van der Waals surface area contributed by atoms with E-state index in [1.807, 2.05) is 17.0 Å². The predicted molar refractivity (Wildman–Crippen MR) is 142 cm³/mol. The molecule has 0 spiro atoms. The molecule has 190 valence electrons.